The van der Waals surface area contributed by atoms with E-state index >= 15 is 0 Å². The Hall–Kier alpha value is -2.01. The van der Waals surface area contributed by atoms with E-state index in [9.17, 15) is 14.4 Å². The molecular weight excluding hydrogens is 388 g/mol. The minimum Gasteiger partial charge on any atom is -0.369 e. The molecule has 2 atom stereocenters. The van der Waals surface area contributed by atoms with E-state index in [4.69, 9.17) is 0 Å². The van der Waals surface area contributed by atoms with E-state index in [1.807, 2.05) is 26.8 Å². The fourth-order valence-corrected chi connectivity index (χ4v) is 3.44. The number of hydrogen-bond acceptors (Lipinski definition) is 5. The van der Waals surface area contributed by atoms with Gasteiger partial charge in [0.05, 0.1) is 0 Å². The van der Waals surface area contributed by atoms with Crippen molar-refractivity contribution in [2.24, 2.45) is 11.8 Å². The summed E-state index contributed by atoms with van der Waals surface area (Å²) in [6.45, 7) is 15.7. The fraction of sp³-hybridized carbons (Fsp3) is 0.654. The number of aryl methyl sites for hydroxylation is 1. The van der Waals surface area contributed by atoms with Crippen molar-refractivity contribution in [3.63, 3.8) is 0 Å². The summed E-state index contributed by atoms with van der Waals surface area (Å²) < 4.78 is 0. The molecule has 1 heterocycles. The van der Waals surface area contributed by atoms with Crippen molar-refractivity contribution in [1.82, 2.24) is 5.32 Å². The molecule has 1 aliphatic heterocycles. The van der Waals surface area contributed by atoms with Crippen LogP contribution >= 0.6 is 0 Å². The fourth-order valence-electron chi connectivity index (χ4n) is 3.44. The average Bonchev–Trinajstić information content (AvgIpc) is 2.81. The van der Waals surface area contributed by atoms with E-state index in [1.165, 1.54) is 11.3 Å². The number of nitrogens with one attached hydrogen (secondary N) is 1. The monoisotopic (exact) mass is 430 g/mol. The highest BCUT2D eigenvalue weighted by Gasteiger charge is 2.18. The molecule has 1 aromatic carbocycles. The van der Waals surface area contributed by atoms with Crippen molar-refractivity contribution >= 4 is 23.0 Å². The number of Topliss-reactive ketones (excluding diaryl/α,β-unsaturated/α-hetero) is 3. The molecular formula is C26H42N2O3. The number of piperazine rings is 1. The minimum atomic E-state index is 0.0468. The minimum absolute atomic E-state index is 0.0468. The Bertz CT molecular complexity index is 723. The van der Waals surface area contributed by atoms with Gasteiger partial charge in [0.15, 0.2) is 5.78 Å². The largest absolute Gasteiger partial charge is 0.369 e. The highest BCUT2D eigenvalue weighted by atomic mass is 16.1. The molecule has 2 unspecified atom stereocenters. The van der Waals surface area contributed by atoms with Gasteiger partial charge >= 0.3 is 0 Å². The Kier molecular flexibility index (Phi) is 12.3. The van der Waals surface area contributed by atoms with Crippen LogP contribution in [0.2, 0.25) is 0 Å². The number of benzene rings is 1. The van der Waals surface area contributed by atoms with Gasteiger partial charge in [-0.15, -0.1) is 0 Å². The van der Waals surface area contributed by atoms with Gasteiger partial charge < -0.3 is 10.2 Å². The van der Waals surface area contributed by atoms with E-state index in [2.05, 4.69) is 36.2 Å². The molecule has 0 radical (unpaired) electrons. The first-order valence-electron chi connectivity index (χ1n) is 11.9. The average molecular weight is 431 g/mol. The van der Waals surface area contributed by atoms with E-state index in [0.29, 0.717) is 19.3 Å². The Balaban J connectivity index is 0.000000373. The van der Waals surface area contributed by atoms with Gasteiger partial charge in [0.2, 0.25) is 0 Å². The summed E-state index contributed by atoms with van der Waals surface area (Å²) in [5, 5.41) is 3.37. The zero-order valence-electron chi connectivity index (χ0n) is 20.4. The number of carbonyl (C=O) groups is 3. The van der Waals surface area contributed by atoms with E-state index in [-0.39, 0.29) is 29.2 Å². The Morgan fingerprint density at radius 1 is 1.03 bits per heavy atom. The van der Waals surface area contributed by atoms with Crippen LogP contribution in [-0.4, -0.2) is 43.5 Å². The SMILES string of the molecule is CCC(=O)CCC(C)C(C)=O.CCc1cc(N2CCNCC2)ccc1C(=O)C(C)CC. The van der Waals surface area contributed by atoms with Crippen LogP contribution in [-0.2, 0) is 16.0 Å². The van der Waals surface area contributed by atoms with Crippen LogP contribution in [0.5, 0.6) is 0 Å². The molecule has 1 saturated heterocycles. The number of carbonyl (C=O) groups excluding carboxylic acids is 3. The molecule has 1 fully saturated rings. The molecule has 2 rings (SSSR count). The predicted molar refractivity (Wildman–Crippen MR) is 129 cm³/mol. The number of ketones is 3. The highest BCUT2D eigenvalue weighted by Crippen LogP contribution is 2.23. The van der Waals surface area contributed by atoms with Crippen LogP contribution in [0.3, 0.4) is 0 Å². The second-order valence-electron chi connectivity index (χ2n) is 8.55. The zero-order valence-corrected chi connectivity index (χ0v) is 20.4. The first-order valence-corrected chi connectivity index (χ1v) is 11.9. The third kappa shape index (κ3) is 8.94. The summed E-state index contributed by atoms with van der Waals surface area (Å²) in [6, 6.07) is 6.35. The predicted octanol–water partition coefficient (Wildman–Crippen LogP) is 4.86. The Labute approximate surface area is 189 Å². The van der Waals surface area contributed by atoms with Crippen molar-refractivity contribution in [1.29, 1.82) is 0 Å². The first-order chi connectivity index (χ1) is 14.7. The lowest BCUT2D eigenvalue weighted by Crippen LogP contribution is -2.43. The lowest BCUT2D eigenvalue weighted by Gasteiger charge is -2.30. The molecule has 1 N–H and O–H groups in total. The van der Waals surface area contributed by atoms with Crippen LogP contribution in [0.1, 0.15) is 83.1 Å². The summed E-state index contributed by atoms with van der Waals surface area (Å²) >= 11 is 0. The number of hydrogen-bond donors (Lipinski definition) is 1. The van der Waals surface area contributed by atoms with Crippen LogP contribution < -0.4 is 10.2 Å². The maximum absolute atomic E-state index is 12.4. The topological polar surface area (TPSA) is 66.5 Å². The molecule has 0 aliphatic carbocycles. The van der Waals surface area contributed by atoms with Gasteiger partial charge in [-0.25, -0.2) is 0 Å². The van der Waals surface area contributed by atoms with Crippen LogP contribution in [0.4, 0.5) is 5.69 Å². The molecule has 1 aromatic rings. The lowest BCUT2D eigenvalue weighted by molar-refractivity contribution is -0.121. The van der Waals surface area contributed by atoms with Gasteiger partial charge in [-0.1, -0.05) is 34.6 Å². The van der Waals surface area contributed by atoms with Gasteiger partial charge in [-0.05, 0) is 49.9 Å². The second-order valence-corrected chi connectivity index (χ2v) is 8.55. The molecule has 0 aromatic heterocycles. The smallest absolute Gasteiger partial charge is 0.165 e. The molecule has 174 valence electrons. The summed E-state index contributed by atoms with van der Waals surface area (Å²) in [6.07, 6.45) is 3.67. The van der Waals surface area contributed by atoms with Crippen molar-refractivity contribution in [3.8, 4) is 0 Å². The molecule has 0 amide bonds. The summed E-state index contributed by atoms with van der Waals surface area (Å²) in [4.78, 5) is 36.4. The van der Waals surface area contributed by atoms with Crippen LogP contribution in [0, 0.1) is 11.8 Å². The molecule has 0 spiro atoms. The van der Waals surface area contributed by atoms with Gasteiger partial charge in [0.25, 0.3) is 0 Å². The molecule has 0 bridgehead atoms. The van der Waals surface area contributed by atoms with E-state index < -0.39 is 0 Å². The maximum atomic E-state index is 12.4. The molecule has 1 aliphatic rings. The quantitative estimate of drug-likeness (QED) is 0.537. The summed E-state index contributed by atoms with van der Waals surface area (Å²) in [5.41, 5.74) is 3.36. The maximum Gasteiger partial charge on any atom is 0.165 e. The first kappa shape index (κ1) is 27.0. The summed E-state index contributed by atoms with van der Waals surface area (Å²) in [5.74, 6) is 0.874. The van der Waals surface area contributed by atoms with Crippen molar-refractivity contribution < 1.29 is 14.4 Å². The molecule has 5 nitrogen and oxygen atoms in total. The van der Waals surface area contributed by atoms with Gasteiger partial charge in [0.1, 0.15) is 11.6 Å². The number of anilines is 1. The van der Waals surface area contributed by atoms with E-state index in [0.717, 1.165) is 44.6 Å². The third-order valence-corrected chi connectivity index (χ3v) is 6.22. The van der Waals surface area contributed by atoms with Crippen LogP contribution in [0.25, 0.3) is 0 Å². The van der Waals surface area contributed by atoms with Crippen molar-refractivity contribution in [2.75, 3.05) is 31.1 Å². The zero-order chi connectivity index (χ0) is 23.4. The van der Waals surface area contributed by atoms with Gasteiger partial charge in [-0.3, -0.25) is 14.4 Å². The summed E-state index contributed by atoms with van der Waals surface area (Å²) in [7, 11) is 0. The van der Waals surface area contributed by atoms with Crippen molar-refractivity contribution in [2.45, 2.75) is 73.6 Å². The molecule has 0 saturated carbocycles. The highest BCUT2D eigenvalue weighted by molar-refractivity contribution is 5.99. The van der Waals surface area contributed by atoms with Crippen LogP contribution in [0.15, 0.2) is 18.2 Å². The van der Waals surface area contributed by atoms with E-state index in [1.54, 1.807) is 6.92 Å². The Morgan fingerprint density at radius 3 is 2.19 bits per heavy atom. The molecule has 5 heteroatoms. The number of nitrogens with zero attached hydrogens (tertiary/aromatic N) is 1. The Morgan fingerprint density at radius 2 is 1.68 bits per heavy atom. The molecule has 31 heavy (non-hydrogen) atoms. The normalized spacial score (nSPS) is 15.5. The van der Waals surface area contributed by atoms with Gasteiger partial charge in [0, 0.05) is 62.1 Å². The number of rotatable bonds is 10. The lowest BCUT2D eigenvalue weighted by atomic mass is 9.92. The second kappa shape index (κ2) is 14.1. The van der Waals surface area contributed by atoms with Crippen molar-refractivity contribution in [3.05, 3.63) is 29.3 Å². The van der Waals surface area contributed by atoms with Gasteiger partial charge in [-0.2, -0.15) is 0 Å². The third-order valence-electron chi connectivity index (χ3n) is 6.22. The standard InChI is InChI=1S/C17H26N2O.C9H16O2/c1-4-13(3)17(20)16-7-6-15(12-14(16)5-2)19-10-8-18-9-11-19;1-4-9(11)6-5-7(2)8(3)10/h6-7,12-13,18H,4-5,8-11H2,1-3H3;7H,4-6H2,1-3H3.